The van der Waals surface area contributed by atoms with E-state index in [1.807, 2.05) is 24.3 Å². The molecule has 3 nitrogen and oxygen atoms in total. The van der Waals surface area contributed by atoms with Crippen LogP contribution >= 0.6 is 0 Å². The van der Waals surface area contributed by atoms with E-state index in [9.17, 15) is 5.11 Å². The SMILES string of the molecule is CC(O)c1cccc(C(N)CO)c1. The van der Waals surface area contributed by atoms with Crippen LogP contribution in [0, 0.1) is 0 Å². The number of benzene rings is 1. The third kappa shape index (κ3) is 2.52. The number of hydrogen-bond acceptors (Lipinski definition) is 3. The summed E-state index contributed by atoms with van der Waals surface area (Å²) in [5.74, 6) is 0. The van der Waals surface area contributed by atoms with Crippen molar-refractivity contribution >= 4 is 0 Å². The van der Waals surface area contributed by atoms with Crippen molar-refractivity contribution < 1.29 is 10.2 Å². The lowest BCUT2D eigenvalue weighted by molar-refractivity contribution is 0.199. The summed E-state index contributed by atoms with van der Waals surface area (Å²) >= 11 is 0. The topological polar surface area (TPSA) is 66.5 Å². The van der Waals surface area contributed by atoms with E-state index < -0.39 is 6.10 Å². The van der Waals surface area contributed by atoms with Crippen molar-refractivity contribution in [1.82, 2.24) is 0 Å². The van der Waals surface area contributed by atoms with E-state index in [1.54, 1.807) is 6.92 Å². The number of hydrogen-bond donors (Lipinski definition) is 3. The normalized spacial score (nSPS) is 15.4. The van der Waals surface area contributed by atoms with Crippen LogP contribution in [0.25, 0.3) is 0 Å². The summed E-state index contributed by atoms with van der Waals surface area (Å²) in [5, 5.41) is 18.1. The molecule has 0 saturated heterocycles. The molecule has 1 rings (SSSR count). The van der Waals surface area contributed by atoms with Gasteiger partial charge in [-0.2, -0.15) is 0 Å². The average molecular weight is 181 g/mol. The van der Waals surface area contributed by atoms with Crippen LogP contribution in [0.4, 0.5) is 0 Å². The van der Waals surface area contributed by atoms with Gasteiger partial charge in [-0.25, -0.2) is 0 Å². The van der Waals surface area contributed by atoms with Gasteiger partial charge in [-0.05, 0) is 18.1 Å². The summed E-state index contributed by atoms with van der Waals surface area (Å²) < 4.78 is 0. The van der Waals surface area contributed by atoms with Gasteiger partial charge in [0.15, 0.2) is 0 Å². The first-order valence-electron chi connectivity index (χ1n) is 4.29. The van der Waals surface area contributed by atoms with E-state index in [1.165, 1.54) is 0 Å². The van der Waals surface area contributed by atoms with Gasteiger partial charge in [0.1, 0.15) is 0 Å². The van der Waals surface area contributed by atoms with E-state index in [0.29, 0.717) is 0 Å². The Morgan fingerprint density at radius 2 is 2.00 bits per heavy atom. The van der Waals surface area contributed by atoms with Gasteiger partial charge in [0.05, 0.1) is 18.8 Å². The number of nitrogens with two attached hydrogens (primary N) is 1. The smallest absolute Gasteiger partial charge is 0.0762 e. The van der Waals surface area contributed by atoms with Crippen molar-refractivity contribution in [2.45, 2.75) is 19.1 Å². The molecule has 0 heterocycles. The largest absolute Gasteiger partial charge is 0.394 e. The summed E-state index contributed by atoms with van der Waals surface area (Å²) in [6.07, 6.45) is -0.495. The molecule has 0 spiro atoms. The Balaban J connectivity index is 2.91. The van der Waals surface area contributed by atoms with Crippen molar-refractivity contribution in [2.75, 3.05) is 6.61 Å². The van der Waals surface area contributed by atoms with E-state index in [2.05, 4.69) is 0 Å². The highest BCUT2D eigenvalue weighted by atomic mass is 16.3. The number of rotatable bonds is 3. The molecule has 0 aromatic heterocycles. The Morgan fingerprint density at radius 3 is 2.54 bits per heavy atom. The number of aliphatic hydroxyl groups excluding tert-OH is 2. The van der Waals surface area contributed by atoms with E-state index in [4.69, 9.17) is 10.8 Å². The van der Waals surface area contributed by atoms with Crippen LogP contribution in [0.1, 0.15) is 30.2 Å². The molecule has 2 unspecified atom stereocenters. The minimum absolute atomic E-state index is 0.0801. The van der Waals surface area contributed by atoms with Crippen LogP contribution in [0.5, 0.6) is 0 Å². The van der Waals surface area contributed by atoms with Crippen LogP contribution in [0.2, 0.25) is 0 Å². The molecule has 2 atom stereocenters. The second-order valence-corrected chi connectivity index (χ2v) is 3.14. The summed E-state index contributed by atoms with van der Waals surface area (Å²) in [6, 6.07) is 6.95. The second kappa shape index (κ2) is 4.37. The molecule has 13 heavy (non-hydrogen) atoms. The lowest BCUT2D eigenvalue weighted by Gasteiger charge is -2.11. The quantitative estimate of drug-likeness (QED) is 0.644. The zero-order chi connectivity index (χ0) is 9.84. The fourth-order valence-corrected chi connectivity index (χ4v) is 1.15. The fraction of sp³-hybridized carbons (Fsp3) is 0.400. The van der Waals surface area contributed by atoms with Crippen LogP contribution in [-0.2, 0) is 0 Å². The highest BCUT2D eigenvalue weighted by molar-refractivity contribution is 5.27. The maximum atomic E-state index is 9.30. The molecule has 4 N–H and O–H groups in total. The van der Waals surface area contributed by atoms with Crippen molar-refractivity contribution in [3.8, 4) is 0 Å². The van der Waals surface area contributed by atoms with Gasteiger partial charge in [-0.3, -0.25) is 0 Å². The summed E-state index contributed by atoms with van der Waals surface area (Å²) in [4.78, 5) is 0. The lowest BCUT2D eigenvalue weighted by Crippen LogP contribution is -2.14. The Hall–Kier alpha value is -0.900. The second-order valence-electron chi connectivity index (χ2n) is 3.14. The first-order valence-corrected chi connectivity index (χ1v) is 4.29. The van der Waals surface area contributed by atoms with Gasteiger partial charge < -0.3 is 15.9 Å². The Bertz CT molecular complexity index is 273. The molecule has 0 aliphatic carbocycles. The molecular formula is C10H15NO2. The highest BCUT2D eigenvalue weighted by Gasteiger charge is 2.06. The van der Waals surface area contributed by atoms with Crippen LogP contribution in [-0.4, -0.2) is 16.8 Å². The molecule has 0 aliphatic rings. The van der Waals surface area contributed by atoms with E-state index in [-0.39, 0.29) is 12.6 Å². The molecule has 0 radical (unpaired) electrons. The average Bonchev–Trinajstić information content (AvgIpc) is 2.17. The third-order valence-corrected chi connectivity index (χ3v) is 2.02. The number of aliphatic hydroxyl groups is 2. The Kier molecular flexibility index (Phi) is 3.42. The maximum Gasteiger partial charge on any atom is 0.0762 e. The zero-order valence-electron chi connectivity index (χ0n) is 7.64. The molecule has 0 aliphatic heterocycles. The van der Waals surface area contributed by atoms with Gasteiger partial charge in [-0.15, -0.1) is 0 Å². The van der Waals surface area contributed by atoms with Crippen molar-refractivity contribution in [1.29, 1.82) is 0 Å². The van der Waals surface area contributed by atoms with Crippen molar-refractivity contribution in [2.24, 2.45) is 5.73 Å². The van der Waals surface area contributed by atoms with E-state index in [0.717, 1.165) is 11.1 Å². The van der Waals surface area contributed by atoms with Gasteiger partial charge in [0.2, 0.25) is 0 Å². The van der Waals surface area contributed by atoms with Crippen LogP contribution < -0.4 is 5.73 Å². The molecule has 0 bridgehead atoms. The first-order chi connectivity index (χ1) is 6.15. The third-order valence-electron chi connectivity index (χ3n) is 2.02. The van der Waals surface area contributed by atoms with Crippen molar-refractivity contribution in [3.05, 3.63) is 35.4 Å². The van der Waals surface area contributed by atoms with Crippen molar-refractivity contribution in [3.63, 3.8) is 0 Å². The van der Waals surface area contributed by atoms with Gasteiger partial charge in [-0.1, -0.05) is 24.3 Å². The summed E-state index contributed by atoms with van der Waals surface area (Å²) in [6.45, 7) is 1.62. The zero-order valence-corrected chi connectivity index (χ0v) is 7.64. The van der Waals surface area contributed by atoms with Crippen LogP contribution in [0.15, 0.2) is 24.3 Å². The molecule has 0 fully saturated rings. The Labute approximate surface area is 77.8 Å². The standard InChI is InChI=1S/C10H15NO2/c1-7(13)8-3-2-4-9(5-8)10(11)6-12/h2-5,7,10,12-13H,6,11H2,1H3. The van der Waals surface area contributed by atoms with Gasteiger partial charge in [0.25, 0.3) is 0 Å². The first kappa shape index (κ1) is 10.2. The van der Waals surface area contributed by atoms with Crippen LogP contribution in [0.3, 0.4) is 0 Å². The minimum Gasteiger partial charge on any atom is -0.394 e. The highest BCUT2D eigenvalue weighted by Crippen LogP contribution is 2.17. The molecule has 72 valence electrons. The summed E-state index contributed by atoms with van der Waals surface area (Å²) in [5.41, 5.74) is 7.30. The molecule has 1 aromatic carbocycles. The van der Waals surface area contributed by atoms with Gasteiger partial charge in [0, 0.05) is 0 Å². The summed E-state index contributed by atoms with van der Waals surface area (Å²) in [7, 11) is 0. The minimum atomic E-state index is -0.495. The fourth-order valence-electron chi connectivity index (χ4n) is 1.15. The van der Waals surface area contributed by atoms with Gasteiger partial charge >= 0.3 is 0 Å². The molecule has 1 aromatic rings. The molecule has 0 amide bonds. The van der Waals surface area contributed by atoms with E-state index >= 15 is 0 Å². The predicted molar refractivity (Wildman–Crippen MR) is 51.1 cm³/mol. The monoisotopic (exact) mass is 181 g/mol. The maximum absolute atomic E-state index is 9.30. The Morgan fingerprint density at radius 1 is 1.38 bits per heavy atom. The lowest BCUT2D eigenvalue weighted by atomic mass is 10.0. The molecular weight excluding hydrogens is 166 g/mol. The molecule has 0 saturated carbocycles. The predicted octanol–water partition coefficient (Wildman–Crippen LogP) is 0.732. The molecule has 3 heteroatoms.